The van der Waals surface area contributed by atoms with Gasteiger partial charge in [0.15, 0.2) is 0 Å². The fourth-order valence-electron chi connectivity index (χ4n) is 2.97. The minimum Gasteiger partial charge on any atom is -0.366 e. The van der Waals surface area contributed by atoms with Crippen LogP contribution < -0.4 is 0 Å². The molecule has 21 heavy (non-hydrogen) atoms. The number of hydrogen-bond acceptors (Lipinski definition) is 4. The fourth-order valence-corrected chi connectivity index (χ4v) is 3.73. The van der Waals surface area contributed by atoms with Gasteiger partial charge < -0.3 is 4.90 Å². The van der Waals surface area contributed by atoms with Crippen LogP contribution in [0.1, 0.15) is 31.6 Å². The number of carbonyl (C=O) groups excluding carboxylic acids is 2. The molecule has 0 aliphatic carbocycles. The maximum absolute atomic E-state index is 12.8. The van der Waals surface area contributed by atoms with Crippen LogP contribution in [0.5, 0.6) is 0 Å². The van der Waals surface area contributed by atoms with Gasteiger partial charge in [-0.3, -0.25) is 14.5 Å². The standard InChI is InChI=1S/C16H20N2O2S/c1-11(2)10-18-15(19)13(12-6-5-9-21-12)14(16(18)20)17-7-3-4-8-17/h5-6,9,11H,3-4,7-8,10H2,1-2H3. The highest BCUT2D eigenvalue weighted by molar-refractivity contribution is 7.11. The number of rotatable bonds is 4. The van der Waals surface area contributed by atoms with Crippen LogP contribution in [0, 0.1) is 5.92 Å². The van der Waals surface area contributed by atoms with Gasteiger partial charge in [0.05, 0.1) is 5.57 Å². The third kappa shape index (κ3) is 2.50. The molecule has 0 aromatic carbocycles. The molecule has 2 aliphatic heterocycles. The van der Waals surface area contributed by atoms with Gasteiger partial charge in [0.2, 0.25) is 0 Å². The highest BCUT2D eigenvalue weighted by Crippen LogP contribution is 2.35. The molecule has 4 nitrogen and oxygen atoms in total. The highest BCUT2D eigenvalue weighted by atomic mass is 32.1. The van der Waals surface area contributed by atoms with Crippen LogP contribution in [0.25, 0.3) is 5.57 Å². The molecule has 1 saturated heterocycles. The van der Waals surface area contributed by atoms with Crippen molar-refractivity contribution >= 4 is 28.7 Å². The van der Waals surface area contributed by atoms with Crippen LogP contribution in [-0.4, -0.2) is 41.2 Å². The third-order valence-electron chi connectivity index (χ3n) is 3.88. The Morgan fingerprint density at radius 3 is 2.48 bits per heavy atom. The lowest BCUT2D eigenvalue weighted by Crippen LogP contribution is -2.37. The van der Waals surface area contributed by atoms with Crippen molar-refractivity contribution in [3.05, 3.63) is 28.1 Å². The largest absolute Gasteiger partial charge is 0.366 e. The number of likely N-dealkylation sites (tertiary alicyclic amines) is 1. The van der Waals surface area contributed by atoms with Gasteiger partial charge in [-0.1, -0.05) is 19.9 Å². The van der Waals surface area contributed by atoms with Crippen molar-refractivity contribution in [2.24, 2.45) is 5.92 Å². The summed E-state index contributed by atoms with van der Waals surface area (Å²) in [6.07, 6.45) is 2.18. The van der Waals surface area contributed by atoms with E-state index < -0.39 is 0 Å². The van der Waals surface area contributed by atoms with E-state index >= 15 is 0 Å². The number of imide groups is 1. The minimum atomic E-state index is -0.127. The molecule has 2 amide bonds. The van der Waals surface area contributed by atoms with Crippen molar-refractivity contribution in [3.63, 3.8) is 0 Å². The van der Waals surface area contributed by atoms with E-state index in [9.17, 15) is 9.59 Å². The summed E-state index contributed by atoms with van der Waals surface area (Å²) < 4.78 is 0. The molecule has 3 rings (SSSR count). The minimum absolute atomic E-state index is 0.112. The SMILES string of the molecule is CC(C)CN1C(=O)C(c2cccs2)=C(N2CCCC2)C1=O. The fraction of sp³-hybridized carbons (Fsp3) is 0.500. The summed E-state index contributed by atoms with van der Waals surface area (Å²) in [5.74, 6) is 0.0393. The first-order valence-electron chi connectivity index (χ1n) is 7.49. The Bertz CT molecular complexity index is 583. The molecule has 0 atom stereocenters. The van der Waals surface area contributed by atoms with E-state index in [0.717, 1.165) is 30.8 Å². The van der Waals surface area contributed by atoms with Crippen molar-refractivity contribution in [1.29, 1.82) is 0 Å². The van der Waals surface area contributed by atoms with Gasteiger partial charge in [-0.05, 0) is 30.2 Å². The molecule has 5 heteroatoms. The maximum atomic E-state index is 12.8. The summed E-state index contributed by atoms with van der Waals surface area (Å²) in [4.78, 5) is 29.9. The van der Waals surface area contributed by atoms with Crippen LogP contribution in [-0.2, 0) is 9.59 Å². The Kier molecular flexibility index (Phi) is 3.85. The quantitative estimate of drug-likeness (QED) is 0.803. The van der Waals surface area contributed by atoms with Gasteiger partial charge in [-0.15, -0.1) is 11.3 Å². The maximum Gasteiger partial charge on any atom is 0.277 e. The van der Waals surface area contributed by atoms with Crippen molar-refractivity contribution in [2.45, 2.75) is 26.7 Å². The molecule has 0 N–H and O–H groups in total. The molecule has 1 fully saturated rings. The molecule has 1 aromatic heterocycles. The lowest BCUT2D eigenvalue weighted by Gasteiger charge is -2.21. The second-order valence-electron chi connectivity index (χ2n) is 6.01. The van der Waals surface area contributed by atoms with Gasteiger partial charge in [-0.2, -0.15) is 0 Å². The molecule has 0 unspecified atom stereocenters. The van der Waals surface area contributed by atoms with E-state index in [2.05, 4.69) is 4.90 Å². The number of hydrogen-bond donors (Lipinski definition) is 0. The predicted octanol–water partition coefficient (Wildman–Crippen LogP) is 2.58. The number of carbonyl (C=O) groups is 2. The van der Waals surface area contributed by atoms with Gasteiger partial charge in [0.25, 0.3) is 11.8 Å². The smallest absolute Gasteiger partial charge is 0.277 e. The van der Waals surface area contributed by atoms with E-state index in [1.54, 1.807) is 0 Å². The molecular weight excluding hydrogens is 284 g/mol. The summed E-state index contributed by atoms with van der Waals surface area (Å²) in [5.41, 5.74) is 1.23. The van der Waals surface area contributed by atoms with Crippen LogP contribution in [0.2, 0.25) is 0 Å². The number of amides is 2. The molecule has 1 aromatic rings. The average Bonchev–Trinajstić information content (AvgIpc) is 3.14. The van der Waals surface area contributed by atoms with E-state index in [-0.39, 0.29) is 17.7 Å². The lowest BCUT2D eigenvalue weighted by molar-refractivity contribution is -0.138. The van der Waals surface area contributed by atoms with E-state index in [4.69, 9.17) is 0 Å². The third-order valence-corrected chi connectivity index (χ3v) is 4.77. The van der Waals surface area contributed by atoms with Crippen LogP contribution in [0.4, 0.5) is 0 Å². The molecule has 0 spiro atoms. The van der Waals surface area contributed by atoms with Gasteiger partial charge in [-0.25, -0.2) is 0 Å². The Hall–Kier alpha value is -1.62. The van der Waals surface area contributed by atoms with E-state index in [1.165, 1.54) is 16.2 Å². The Labute approximate surface area is 129 Å². The predicted molar refractivity (Wildman–Crippen MR) is 83.6 cm³/mol. The van der Waals surface area contributed by atoms with Crippen molar-refractivity contribution < 1.29 is 9.59 Å². The van der Waals surface area contributed by atoms with E-state index in [1.807, 2.05) is 31.4 Å². The van der Waals surface area contributed by atoms with Crippen molar-refractivity contribution in [2.75, 3.05) is 19.6 Å². The summed E-state index contributed by atoms with van der Waals surface area (Å²) >= 11 is 1.53. The van der Waals surface area contributed by atoms with Gasteiger partial charge >= 0.3 is 0 Å². The first-order valence-corrected chi connectivity index (χ1v) is 8.37. The molecule has 112 valence electrons. The summed E-state index contributed by atoms with van der Waals surface area (Å²) in [7, 11) is 0. The highest BCUT2D eigenvalue weighted by Gasteiger charge is 2.42. The molecular formula is C16H20N2O2S. The first-order chi connectivity index (χ1) is 10.1. The summed E-state index contributed by atoms with van der Waals surface area (Å²) in [6, 6.07) is 3.86. The Balaban J connectivity index is 2.03. The van der Waals surface area contributed by atoms with Gasteiger partial charge in [0.1, 0.15) is 5.70 Å². The van der Waals surface area contributed by atoms with Crippen LogP contribution >= 0.6 is 11.3 Å². The summed E-state index contributed by atoms with van der Waals surface area (Å²) in [5, 5.41) is 1.95. The van der Waals surface area contributed by atoms with Crippen LogP contribution in [0.3, 0.4) is 0 Å². The van der Waals surface area contributed by atoms with E-state index in [0.29, 0.717) is 17.8 Å². The average molecular weight is 304 g/mol. The van der Waals surface area contributed by atoms with Crippen molar-refractivity contribution in [3.8, 4) is 0 Å². The zero-order valence-electron chi connectivity index (χ0n) is 12.5. The summed E-state index contributed by atoms with van der Waals surface area (Å²) in [6.45, 7) is 6.29. The normalized spacial score (nSPS) is 19.6. The molecule has 2 aliphatic rings. The molecule has 3 heterocycles. The first kappa shape index (κ1) is 14.3. The molecule has 0 radical (unpaired) electrons. The second-order valence-corrected chi connectivity index (χ2v) is 6.96. The monoisotopic (exact) mass is 304 g/mol. The molecule has 0 bridgehead atoms. The molecule has 0 saturated carbocycles. The topological polar surface area (TPSA) is 40.6 Å². The van der Waals surface area contributed by atoms with Gasteiger partial charge in [0, 0.05) is 24.5 Å². The number of thiophene rings is 1. The zero-order chi connectivity index (χ0) is 15.0. The van der Waals surface area contributed by atoms with Crippen molar-refractivity contribution in [1.82, 2.24) is 9.80 Å². The zero-order valence-corrected chi connectivity index (χ0v) is 13.3. The number of nitrogens with zero attached hydrogens (tertiary/aromatic N) is 2. The van der Waals surface area contributed by atoms with Crippen LogP contribution in [0.15, 0.2) is 23.2 Å². The Morgan fingerprint density at radius 1 is 1.19 bits per heavy atom. The Morgan fingerprint density at radius 2 is 1.90 bits per heavy atom. The second kappa shape index (κ2) is 5.64. The lowest BCUT2D eigenvalue weighted by atomic mass is 10.1.